The first-order valence-electron chi connectivity index (χ1n) is 8.15. The van der Waals surface area contributed by atoms with Gasteiger partial charge in [-0.05, 0) is 30.4 Å². The van der Waals surface area contributed by atoms with Crippen LogP contribution in [0.3, 0.4) is 0 Å². The minimum Gasteiger partial charge on any atom is -0.369 e. The number of anilines is 1. The van der Waals surface area contributed by atoms with Gasteiger partial charge >= 0.3 is 0 Å². The Kier molecular flexibility index (Phi) is 5.53. The molecule has 0 saturated carbocycles. The van der Waals surface area contributed by atoms with Crippen LogP contribution in [-0.2, 0) is 0 Å². The Bertz CT molecular complexity index is 759. The number of nitrogens with one attached hydrogen (secondary N) is 1. The quantitative estimate of drug-likeness (QED) is 0.833. The van der Waals surface area contributed by atoms with Crippen LogP contribution in [0.4, 0.5) is 5.82 Å². The van der Waals surface area contributed by atoms with E-state index in [4.69, 9.17) is 0 Å². The highest BCUT2D eigenvalue weighted by molar-refractivity contribution is 5.86. The summed E-state index contributed by atoms with van der Waals surface area (Å²) in [5.41, 5.74) is 2.11. The largest absolute Gasteiger partial charge is 0.369 e. The fourth-order valence-corrected chi connectivity index (χ4v) is 2.17. The number of nitrogens with zero attached hydrogens (tertiary/aromatic N) is 3. The van der Waals surface area contributed by atoms with E-state index in [0.717, 1.165) is 12.1 Å². The molecule has 0 radical (unpaired) electrons. The molecule has 1 N–H and O–H groups in total. The van der Waals surface area contributed by atoms with Gasteiger partial charge in [0.15, 0.2) is 0 Å². The Morgan fingerprint density at radius 1 is 1.26 bits per heavy atom. The van der Waals surface area contributed by atoms with Crippen LogP contribution in [0.25, 0.3) is 5.65 Å². The Balaban J connectivity index is 2.53. The van der Waals surface area contributed by atoms with E-state index < -0.39 is 0 Å². The van der Waals surface area contributed by atoms with Gasteiger partial charge in [-0.15, -0.1) is 0 Å². The van der Waals surface area contributed by atoms with Crippen LogP contribution in [0.5, 0.6) is 0 Å². The molecule has 2 rings (SSSR count). The SMILES string of the molecule is Cc1ccc2nc(NCC(C)C)c(C=NCC(C)C)c(=O)n2c1. The van der Waals surface area contributed by atoms with E-state index in [1.807, 2.05) is 25.3 Å². The van der Waals surface area contributed by atoms with E-state index in [1.165, 1.54) is 0 Å². The Hall–Kier alpha value is -2.17. The fraction of sp³-hybridized carbons (Fsp3) is 0.500. The minimum atomic E-state index is -0.0857. The zero-order chi connectivity index (χ0) is 17.0. The van der Waals surface area contributed by atoms with Gasteiger partial charge in [0.05, 0.1) is 0 Å². The summed E-state index contributed by atoms with van der Waals surface area (Å²) in [4.78, 5) is 21.8. The average molecular weight is 314 g/mol. The van der Waals surface area contributed by atoms with Gasteiger partial charge in [-0.25, -0.2) is 4.98 Å². The standard InChI is InChI=1S/C18H26N4O/c1-12(2)8-19-10-15-17(20-9-13(3)4)21-16-7-6-14(5)11-22(16)18(15)23/h6-7,10-13,20H,8-9H2,1-5H3. The zero-order valence-electron chi connectivity index (χ0n) is 14.6. The molecule has 0 amide bonds. The second-order valence-electron chi connectivity index (χ2n) is 6.78. The van der Waals surface area contributed by atoms with E-state index in [-0.39, 0.29) is 5.56 Å². The maximum atomic E-state index is 12.8. The summed E-state index contributed by atoms with van der Waals surface area (Å²) in [7, 11) is 0. The molecule has 2 aromatic rings. The third-order valence-electron chi connectivity index (χ3n) is 3.37. The third-order valence-corrected chi connectivity index (χ3v) is 3.37. The van der Waals surface area contributed by atoms with E-state index in [2.05, 4.69) is 43.0 Å². The summed E-state index contributed by atoms with van der Waals surface area (Å²) >= 11 is 0. The molecule has 0 atom stereocenters. The molecule has 2 heterocycles. The Morgan fingerprint density at radius 2 is 2.00 bits per heavy atom. The van der Waals surface area contributed by atoms with Crippen molar-refractivity contribution in [3.8, 4) is 0 Å². The molecule has 0 aliphatic carbocycles. The van der Waals surface area contributed by atoms with E-state index in [0.29, 0.717) is 35.4 Å². The van der Waals surface area contributed by atoms with Gasteiger partial charge in [0.25, 0.3) is 5.56 Å². The number of rotatable bonds is 6. The molecule has 0 fully saturated rings. The Labute approximate surface area is 137 Å². The van der Waals surface area contributed by atoms with Crippen LogP contribution in [0.2, 0.25) is 0 Å². The number of aliphatic imine (C=N–C) groups is 1. The van der Waals surface area contributed by atoms with Gasteiger partial charge < -0.3 is 5.32 Å². The molecule has 124 valence electrons. The first-order chi connectivity index (χ1) is 10.9. The minimum absolute atomic E-state index is 0.0857. The van der Waals surface area contributed by atoms with Crippen LogP contribution in [-0.4, -0.2) is 28.7 Å². The van der Waals surface area contributed by atoms with Crippen molar-refractivity contribution in [2.75, 3.05) is 18.4 Å². The molecular weight excluding hydrogens is 288 g/mol. The lowest BCUT2D eigenvalue weighted by molar-refractivity contribution is 0.667. The van der Waals surface area contributed by atoms with Crippen LogP contribution in [0, 0.1) is 18.8 Å². The Morgan fingerprint density at radius 3 is 2.65 bits per heavy atom. The van der Waals surface area contributed by atoms with Gasteiger partial charge in [0, 0.05) is 25.5 Å². The van der Waals surface area contributed by atoms with Crippen LogP contribution in [0.15, 0.2) is 28.1 Å². The maximum absolute atomic E-state index is 12.8. The first-order valence-corrected chi connectivity index (χ1v) is 8.15. The lowest BCUT2D eigenvalue weighted by atomic mass is 10.2. The van der Waals surface area contributed by atoms with E-state index >= 15 is 0 Å². The van der Waals surface area contributed by atoms with Crippen LogP contribution in [0.1, 0.15) is 38.8 Å². The molecule has 0 aliphatic rings. The molecule has 0 saturated heterocycles. The summed E-state index contributed by atoms with van der Waals surface area (Å²) in [6.07, 6.45) is 3.48. The van der Waals surface area contributed by atoms with Crippen molar-refractivity contribution in [2.24, 2.45) is 16.8 Å². The highest BCUT2D eigenvalue weighted by atomic mass is 16.1. The predicted molar refractivity (Wildman–Crippen MR) is 96.8 cm³/mol. The van der Waals surface area contributed by atoms with Gasteiger partial charge in [-0.3, -0.25) is 14.2 Å². The molecular formula is C18H26N4O. The fourth-order valence-electron chi connectivity index (χ4n) is 2.17. The number of aromatic nitrogens is 2. The average Bonchev–Trinajstić information content (AvgIpc) is 2.48. The predicted octanol–water partition coefficient (Wildman–Crippen LogP) is 3.15. The summed E-state index contributed by atoms with van der Waals surface area (Å²) in [5.74, 6) is 1.53. The van der Waals surface area contributed by atoms with Gasteiger partial charge in [-0.1, -0.05) is 33.8 Å². The maximum Gasteiger partial charge on any atom is 0.268 e. The van der Waals surface area contributed by atoms with Crippen molar-refractivity contribution in [3.05, 3.63) is 39.8 Å². The summed E-state index contributed by atoms with van der Waals surface area (Å²) < 4.78 is 1.59. The van der Waals surface area contributed by atoms with Crippen LogP contribution >= 0.6 is 0 Å². The van der Waals surface area contributed by atoms with Gasteiger partial charge in [0.1, 0.15) is 17.0 Å². The van der Waals surface area contributed by atoms with Gasteiger partial charge in [0.2, 0.25) is 0 Å². The lowest BCUT2D eigenvalue weighted by Crippen LogP contribution is -2.24. The summed E-state index contributed by atoms with van der Waals surface area (Å²) in [5, 5.41) is 3.28. The molecule has 0 aromatic carbocycles. The summed E-state index contributed by atoms with van der Waals surface area (Å²) in [6.45, 7) is 11.9. The van der Waals surface area contributed by atoms with Crippen molar-refractivity contribution < 1.29 is 0 Å². The number of pyridine rings is 1. The topological polar surface area (TPSA) is 58.8 Å². The molecule has 23 heavy (non-hydrogen) atoms. The molecule has 0 aliphatic heterocycles. The molecule has 5 nitrogen and oxygen atoms in total. The molecule has 2 aromatic heterocycles. The normalized spacial score (nSPS) is 12.0. The molecule has 0 unspecified atom stereocenters. The smallest absolute Gasteiger partial charge is 0.268 e. The van der Waals surface area contributed by atoms with Gasteiger partial charge in [-0.2, -0.15) is 0 Å². The first kappa shape index (κ1) is 17.2. The van der Waals surface area contributed by atoms with Crippen LogP contribution < -0.4 is 10.9 Å². The summed E-state index contributed by atoms with van der Waals surface area (Å²) in [6, 6.07) is 3.83. The second kappa shape index (κ2) is 7.40. The number of hydrogen-bond donors (Lipinski definition) is 1. The molecule has 5 heteroatoms. The van der Waals surface area contributed by atoms with Crippen molar-refractivity contribution in [1.82, 2.24) is 9.38 Å². The van der Waals surface area contributed by atoms with E-state index in [9.17, 15) is 4.79 Å². The number of hydrogen-bond acceptors (Lipinski definition) is 4. The van der Waals surface area contributed by atoms with Crippen molar-refractivity contribution >= 4 is 17.7 Å². The van der Waals surface area contributed by atoms with Crippen molar-refractivity contribution in [1.29, 1.82) is 0 Å². The molecule has 0 spiro atoms. The highest BCUT2D eigenvalue weighted by Crippen LogP contribution is 2.11. The highest BCUT2D eigenvalue weighted by Gasteiger charge is 2.11. The number of aryl methyl sites for hydroxylation is 1. The van der Waals surface area contributed by atoms with Crippen molar-refractivity contribution in [3.63, 3.8) is 0 Å². The lowest BCUT2D eigenvalue weighted by Gasteiger charge is -2.12. The van der Waals surface area contributed by atoms with E-state index in [1.54, 1.807) is 10.6 Å². The zero-order valence-corrected chi connectivity index (χ0v) is 14.6. The van der Waals surface area contributed by atoms with Crippen molar-refractivity contribution in [2.45, 2.75) is 34.6 Å². The number of fused-ring (bicyclic) bond motifs is 1. The third kappa shape index (κ3) is 4.41. The monoisotopic (exact) mass is 314 g/mol. The second-order valence-corrected chi connectivity index (χ2v) is 6.78. The molecule has 0 bridgehead atoms.